The zero-order chi connectivity index (χ0) is 16.2. The van der Waals surface area contributed by atoms with Crippen LogP contribution in [-0.2, 0) is 16.6 Å². The molecule has 7 heteroatoms. The van der Waals surface area contributed by atoms with Crippen molar-refractivity contribution in [3.05, 3.63) is 24.0 Å². The summed E-state index contributed by atoms with van der Waals surface area (Å²) in [5.74, 6) is 0. The molecule has 0 unspecified atom stereocenters. The van der Waals surface area contributed by atoms with E-state index in [0.29, 0.717) is 24.4 Å². The molecule has 0 aliphatic heterocycles. The average molecular weight is 315 g/mol. The van der Waals surface area contributed by atoms with Crippen molar-refractivity contribution in [2.45, 2.75) is 51.6 Å². The van der Waals surface area contributed by atoms with Crippen LogP contribution in [0.5, 0.6) is 0 Å². The van der Waals surface area contributed by atoms with E-state index in [0.717, 1.165) is 0 Å². The number of aliphatic hydroxyl groups is 1. The Hall–Kier alpha value is -1.18. The fourth-order valence-corrected chi connectivity index (χ4v) is 4.31. The Labute approximate surface area is 127 Å². The average Bonchev–Trinajstić information content (AvgIpc) is 2.68. The predicted molar refractivity (Wildman–Crippen MR) is 82.6 cm³/mol. The molecule has 0 radical (unpaired) electrons. The summed E-state index contributed by atoms with van der Waals surface area (Å²) < 4.78 is 28.8. The van der Waals surface area contributed by atoms with Gasteiger partial charge in [-0.25, -0.2) is 8.42 Å². The van der Waals surface area contributed by atoms with Gasteiger partial charge in [0.05, 0.1) is 11.4 Å². The van der Waals surface area contributed by atoms with Crippen LogP contribution in [0.2, 0.25) is 0 Å². The molecule has 0 saturated heterocycles. The van der Waals surface area contributed by atoms with Crippen molar-refractivity contribution in [2.75, 3.05) is 13.2 Å². The second-order valence-electron chi connectivity index (χ2n) is 5.26. The Kier molecular flexibility index (Phi) is 6.12. The lowest BCUT2D eigenvalue weighted by Crippen LogP contribution is -2.37. The Bertz CT molecular complexity index is 591. The van der Waals surface area contributed by atoms with Crippen molar-refractivity contribution in [1.29, 1.82) is 0 Å². The van der Waals surface area contributed by atoms with Gasteiger partial charge in [0.2, 0.25) is 10.0 Å². The maximum absolute atomic E-state index is 12.9. The summed E-state index contributed by atoms with van der Waals surface area (Å²) in [6.45, 7) is 11.6. The van der Waals surface area contributed by atoms with E-state index < -0.39 is 10.0 Å². The van der Waals surface area contributed by atoms with E-state index in [4.69, 9.17) is 5.11 Å². The van der Waals surface area contributed by atoms with E-state index in [9.17, 15) is 8.42 Å². The van der Waals surface area contributed by atoms with Crippen LogP contribution >= 0.6 is 0 Å². The topological polar surface area (TPSA) is 75.4 Å². The van der Waals surface area contributed by atoms with Gasteiger partial charge in [0.1, 0.15) is 4.90 Å². The normalized spacial score (nSPS) is 12.3. The van der Waals surface area contributed by atoms with Gasteiger partial charge in [-0.15, -0.1) is 6.58 Å². The SMILES string of the molecule is C=CCN(C(C)C)S(=O)(=O)c1c(C)nn(CCCO)c1C. The first-order valence-corrected chi connectivity index (χ1v) is 8.49. The lowest BCUT2D eigenvalue weighted by atomic mass is 10.4. The van der Waals surface area contributed by atoms with E-state index in [1.807, 2.05) is 13.8 Å². The molecule has 6 nitrogen and oxygen atoms in total. The third-order valence-corrected chi connectivity index (χ3v) is 5.59. The van der Waals surface area contributed by atoms with Crippen LogP contribution in [0, 0.1) is 13.8 Å². The van der Waals surface area contributed by atoms with Crippen molar-refractivity contribution in [1.82, 2.24) is 14.1 Å². The summed E-state index contributed by atoms with van der Waals surface area (Å²) in [4.78, 5) is 0.260. The smallest absolute Gasteiger partial charge is 0.247 e. The van der Waals surface area contributed by atoms with E-state index in [2.05, 4.69) is 11.7 Å². The quantitative estimate of drug-likeness (QED) is 0.737. The van der Waals surface area contributed by atoms with Crippen LogP contribution in [0.15, 0.2) is 17.6 Å². The van der Waals surface area contributed by atoms with Crippen molar-refractivity contribution in [3.63, 3.8) is 0 Å². The van der Waals surface area contributed by atoms with E-state index >= 15 is 0 Å². The Balaban J connectivity index is 3.30. The third-order valence-electron chi connectivity index (χ3n) is 3.29. The maximum atomic E-state index is 12.9. The highest BCUT2D eigenvalue weighted by Gasteiger charge is 2.31. The molecule has 120 valence electrons. The zero-order valence-corrected chi connectivity index (χ0v) is 14.0. The number of aryl methyl sites for hydroxylation is 2. The predicted octanol–water partition coefficient (Wildman–Crippen LogP) is 1.47. The molecule has 21 heavy (non-hydrogen) atoms. The standard InChI is InChI=1S/C14H25N3O3S/c1-6-8-17(11(2)3)21(19,20)14-12(4)15-16(13(14)5)9-7-10-18/h6,11,18H,1,7-10H2,2-5H3. The minimum absolute atomic E-state index is 0.0506. The van der Waals surface area contributed by atoms with Gasteiger partial charge in [-0.05, 0) is 34.1 Å². The van der Waals surface area contributed by atoms with Gasteiger partial charge in [-0.3, -0.25) is 4.68 Å². The molecule has 0 aliphatic rings. The Morgan fingerprint density at radius 2 is 2.05 bits per heavy atom. The molecular formula is C14H25N3O3S. The number of hydrogen-bond donors (Lipinski definition) is 1. The second-order valence-corrected chi connectivity index (χ2v) is 7.08. The molecular weight excluding hydrogens is 290 g/mol. The first kappa shape index (κ1) is 17.9. The van der Waals surface area contributed by atoms with Crippen LogP contribution in [0.4, 0.5) is 0 Å². The second kappa shape index (κ2) is 7.20. The molecule has 0 bridgehead atoms. The van der Waals surface area contributed by atoms with Crippen LogP contribution < -0.4 is 0 Å². The van der Waals surface area contributed by atoms with Gasteiger partial charge in [0.15, 0.2) is 0 Å². The Morgan fingerprint density at radius 1 is 1.43 bits per heavy atom. The lowest BCUT2D eigenvalue weighted by molar-refractivity contribution is 0.276. The van der Waals surface area contributed by atoms with Gasteiger partial charge in [-0.2, -0.15) is 9.40 Å². The minimum Gasteiger partial charge on any atom is -0.396 e. The summed E-state index contributed by atoms with van der Waals surface area (Å²) in [5, 5.41) is 13.2. The number of aliphatic hydroxyl groups excluding tert-OH is 1. The van der Waals surface area contributed by atoms with Gasteiger partial charge >= 0.3 is 0 Å². The van der Waals surface area contributed by atoms with Crippen LogP contribution in [0.3, 0.4) is 0 Å². The number of hydrogen-bond acceptors (Lipinski definition) is 4. The van der Waals surface area contributed by atoms with Crippen molar-refractivity contribution in [2.24, 2.45) is 0 Å². The van der Waals surface area contributed by atoms with Crippen molar-refractivity contribution < 1.29 is 13.5 Å². The fraction of sp³-hybridized carbons (Fsp3) is 0.643. The van der Waals surface area contributed by atoms with Gasteiger partial charge in [0.25, 0.3) is 0 Å². The molecule has 1 aromatic rings. The van der Waals surface area contributed by atoms with E-state index in [-0.39, 0.29) is 24.1 Å². The molecule has 1 heterocycles. The lowest BCUT2D eigenvalue weighted by Gasteiger charge is -2.24. The summed E-state index contributed by atoms with van der Waals surface area (Å²) in [5.41, 5.74) is 1.09. The van der Waals surface area contributed by atoms with Crippen LogP contribution in [0.25, 0.3) is 0 Å². The summed E-state index contributed by atoms with van der Waals surface area (Å²) >= 11 is 0. The number of sulfonamides is 1. The highest BCUT2D eigenvalue weighted by molar-refractivity contribution is 7.89. The van der Waals surface area contributed by atoms with Gasteiger partial charge in [0, 0.05) is 25.7 Å². The van der Waals surface area contributed by atoms with Crippen LogP contribution in [-0.4, -0.2) is 46.8 Å². The van der Waals surface area contributed by atoms with E-state index in [1.54, 1.807) is 24.6 Å². The molecule has 1 aromatic heterocycles. The van der Waals surface area contributed by atoms with Gasteiger partial charge < -0.3 is 5.11 Å². The maximum Gasteiger partial charge on any atom is 0.247 e. The summed E-state index contributed by atoms with van der Waals surface area (Å²) in [7, 11) is -3.61. The molecule has 0 amide bonds. The Morgan fingerprint density at radius 3 is 2.52 bits per heavy atom. The van der Waals surface area contributed by atoms with Crippen LogP contribution in [0.1, 0.15) is 31.7 Å². The van der Waals surface area contributed by atoms with E-state index in [1.165, 1.54) is 4.31 Å². The number of rotatable bonds is 8. The number of nitrogens with zero attached hydrogens (tertiary/aromatic N) is 3. The summed E-state index contributed by atoms with van der Waals surface area (Å²) in [6, 6.07) is -0.160. The van der Waals surface area contributed by atoms with Crippen molar-refractivity contribution >= 4 is 10.0 Å². The summed E-state index contributed by atoms with van der Waals surface area (Å²) in [6.07, 6.45) is 2.13. The molecule has 0 saturated carbocycles. The number of aromatic nitrogens is 2. The van der Waals surface area contributed by atoms with Crippen molar-refractivity contribution in [3.8, 4) is 0 Å². The molecule has 0 aromatic carbocycles. The molecule has 1 N–H and O–H groups in total. The molecule has 0 fully saturated rings. The first-order chi connectivity index (χ1) is 9.77. The molecule has 0 atom stereocenters. The zero-order valence-electron chi connectivity index (χ0n) is 13.2. The minimum atomic E-state index is -3.61. The molecule has 1 rings (SSSR count). The third kappa shape index (κ3) is 3.72. The fourth-order valence-electron chi connectivity index (χ4n) is 2.32. The molecule has 0 spiro atoms. The van der Waals surface area contributed by atoms with Gasteiger partial charge in [-0.1, -0.05) is 6.08 Å². The monoisotopic (exact) mass is 315 g/mol. The first-order valence-electron chi connectivity index (χ1n) is 7.05. The largest absolute Gasteiger partial charge is 0.396 e. The highest BCUT2D eigenvalue weighted by atomic mass is 32.2. The highest BCUT2D eigenvalue weighted by Crippen LogP contribution is 2.25. The molecule has 0 aliphatic carbocycles.